The van der Waals surface area contributed by atoms with Gasteiger partial charge in [-0.1, -0.05) is 19.9 Å². The van der Waals surface area contributed by atoms with Crippen molar-refractivity contribution in [3.63, 3.8) is 0 Å². The lowest BCUT2D eigenvalue weighted by Gasteiger charge is -2.51. The maximum absolute atomic E-state index is 9.83. The fourth-order valence-electron chi connectivity index (χ4n) is 3.39. The molecule has 3 nitrogen and oxygen atoms in total. The topological polar surface area (TPSA) is 52.5 Å². The molecule has 0 saturated heterocycles. The molecular weight excluding hydrogens is 238 g/mol. The van der Waals surface area contributed by atoms with E-state index in [1.165, 1.54) is 17.5 Å². The van der Waals surface area contributed by atoms with Crippen molar-refractivity contribution in [3.05, 3.63) is 29.3 Å². The quantitative estimate of drug-likeness (QED) is 0.767. The molecular formula is C16H23NO2. The number of phenols is 1. The molecule has 0 spiro atoms. The van der Waals surface area contributed by atoms with Crippen molar-refractivity contribution < 1.29 is 10.2 Å². The van der Waals surface area contributed by atoms with Crippen LogP contribution in [0.25, 0.3) is 0 Å². The molecule has 1 aromatic rings. The smallest absolute Gasteiger partial charge is 0.115 e. The van der Waals surface area contributed by atoms with Crippen molar-refractivity contribution in [2.45, 2.75) is 57.7 Å². The maximum atomic E-state index is 9.83. The molecule has 3 N–H and O–H groups in total. The van der Waals surface area contributed by atoms with E-state index >= 15 is 0 Å². The Morgan fingerprint density at radius 3 is 2.79 bits per heavy atom. The van der Waals surface area contributed by atoms with Gasteiger partial charge in [-0.05, 0) is 48.9 Å². The molecule has 1 saturated carbocycles. The molecule has 19 heavy (non-hydrogen) atoms. The molecule has 3 atom stereocenters. The zero-order valence-corrected chi connectivity index (χ0v) is 11.7. The standard InChI is InChI=1S/C16H23NO2/c1-16(2)14(9-15(16)19)17-13-5-3-4-10-6-7-11(18)8-12(10)13/h6-8,13-15,17-19H,3-5,9H2,1-2H3. The second kappa shape index (κ2) is 4.50. The van der Waals surface area contributed by atoms with Crippen molar-refractivity contribution in [1.29, 1.82) is 0 Å². The van der Waals surface area contributed by atoms with E-state index in [0.717, 1.165) is 19.3 Å². The Hall–Kier alpha value is -1.06. The summed E-state index contributed by atoms with van der Waals surface area (Å²) in [5.41, 5.74) is 2.54. The van der Waals surface area contributed by atoms with Gasteiger partial charge in [0.1, 0.15) is 5.75 Å². The first-order valence-electron chi connectivity index (χ1n) is 7.24. The van der Waals surface area contributed by atoms with Crippen molar-refractivity contribution in [1.82, 2.24) is 5.32 Å². The van der Waals surface area contributed by atoms with E-state index in [2.05, 4.69) is 19.2 Å². The molecule has 3 rings (SSSR count). The van der Waals surface area contributed by atoms with Crippen LogP contribution in [-0.4, -0.2) is 22.4 Å². The van der Waals surface area contributed by atoms with Gasteiger partial charge in [0.15, 0.2) is 0 Å². The largest absolute Gasteiger partial charge is 0.508 e. The highest BCUT2D eigenvalue weighted by atomic mass is 16.3. The van der Waals surface area contributed by atoms with Crippen LogP contribution in [0.15, 0.2) is 18.2 Å². The van der Waals surface area contributed by atoms with Crippen LogP contribution in [0.2, 0.25) is 0 Å². The second-order valence-corrected chi connectivity index (χ2v) is 6.62. The zero-order valence-electron chi connectivity index (χ0n) is 11.7. The Kier molecular flexibility index (Phi) is 3.06. The molecule has 3 heteroatoms. The molecule has 2 aliphatic rings. The van der Waals surface area contributed by atoms with E-state index in [1.807, 2.05) is 12.1 Å². The predicted octanol–water partition coefficient (Wildman–Crippen LogP) is 2.52. The van der Waals surface area contributed by atoms with Gasteiger partial charge in [-0.15, -0.1) is 0 Å². The van der Waals surface area contributed by atoms with Gasteiger partial charge < -0.3 is 15.5 Å². The molecule has 0 amide bonds. The van der Waals surface area contributed by atoms with E-state index in [1.54, 1.807) is 6.07 Å². The van der Waals surface area contributed by atoms with Gasteiger partial charge in [0.25, 0.3) is 0 Å². The van der Waals surface area contributed by atoms with Crippen LogP contribution < -0.4 is 5.32 Å². The molecule has 0 aromatic heterocycles. The molecule has 0 bridgehead atoms. The average molecular weight is 261 g/mol. The summed E-state index contributed by atoms with van der Waals surface area (Å²) in [7, 11) is 0. The van der Waals surface area contributed by atoms with Crippen LogP contribution in [0.5, 0.6) is 5.75 Å². The van der Waals surface area contributed by atoms with E-state index < -0.39 is 0 Å². The normalized spacial score (nSPS) is 32.5. The van der Waals surface area contributed by atoms with Gasteiger partial charge in [0, 0.05) is 17.5 Å². The maximum Gasteiger partial charge on any atom is 0.115 e. The van der Waals surface area contributed by atoms with Crippen LogP contribution in [0.3, 0.4) is 0 Å². The van der Waals surface area contributed by atoms with Gasteiger partial charge in [-0.3, -0.25) is 0 Å². The highest BCUT2D eigenvalue weighted by Gasteiger charge is 2.48. The summed E-state index contributed by atoms with van der Waals surface area (Å²) in [4.78, 5) is 0. The van der Waals surface area contributed by atoms with Crippen LogP contribution in [-0.2, 0) is 6.42 Å². The average Bonchev–Trinajstić information content (AvgIpc) is 2.39. The minimum absolute atomic E-state index is 0.0472. The number of phenolic OH excluding ortho intramolecular Hbond substituents is 1. The number of fused-ring (bicyclic) bond motifs is 1. The van der Waals surface area contributed by atoms with E-state index in [0.29, 0.717) is 17.8 Å². The third-order valence-electron chi connectivity index (χ3n) is 5.06. The van der Waals surface area contributed by atoms with Gasteiger partial charge >= 0.3 is 0 Å². The highest BCUT2D eigenvalue weighted by Crippen LogP contribution is 2.43. The summed E-state index contributed by atoms with van der Waals surface area (Å²) >= 11 is 0. The molecule has 3 unspecified atom stereocenters. The fourth-order valence-corrected chi connectivity index (χ4v) is 3.39. The minimum atomic E-state index is -0.197. The Morgan fingerprint density at radius 1 is 1.32 bits per heavy atom. The molecule has 0 aliphatic heterocycles. The Labute approximate surface area is 114 Å². The number of nitrogens with one attached hydrogen (secondary N) is 1. The van der Waals surface area contributed by atoms with Crippen molar-refractivity contribution in [3.8, 4) is 5.75 Å². The van der Waals surface area contributed by atoms with Gasteiger partial charge in [0.05, 0.1) is 6.10 Å². The lowest BCUT2D eigenvalue weighted by atomic mass is 9.64. The van der Waals surface area contributed by atoms with Gasteiger partial charge in [0.2, 0.25) is 0 Å². The van der Waals surface area contributed by atoms with Crippen molar-refractivity contribution >= 4 is 0 Å². The number of aromatic hydroxyl groups is 1. The third kappa shape index (κ3) is 2.15. The molecule has 2 aliphatic carbocycles. The summed E-state index contributed by atoms with van der Waals surface area (Å²) in [6.45, 7) is 4.23. The number of hydrogen-bond acceptors (Lipinski definition) is 3. The fraction of sp³-hybridized carbons (Fsp3) is 0.625. The Balaban J connectivity index is 1.79. The number of hydrogen-bond donors (Lipinski definition) is 3. The summed E-state index contributed by atoms with van der Waals surface area (Å²) in [5, 5.41) is 23.2. The number of benzene rings is 1. The number of rotatable bonds is 2. The first-order chi connectivity index (χ1) is 8.98. The van der Waals surface area contributed by atoms with Crippen LogP contribution in [0.4, 0.5) is 0 Å². The lowest BCUT2D eigenvalue weighted by molar-refractivity contribution is -0.0766. The minimum Gasteiger partial charge on any atom is -0.508 e. The third-order valence-corrected chi connectivity index (χ3v) is 5.06. The summed E-state index contributed by atoms with van der Waals surface area (Å²) in [6.07, 6.45) is 4.03. The monoisotopic (exact) mass is 261 g/mol. The SMILES string of the molecule is CC1(C)C(O)CC1NC1CCCc2ccc(O)cc21. The van der Waals surface area contributed by atoms with Crippen LogP contribution in [0, 0.1) is 5.41 Å². The van der Waals surface area contributed by atoms with Gasteiger partial charge in [-0.25, -0.2) is 0 Å². The van der Waals surface area contributed by atoms with Gasteiger partial charge in [-0.2, -0.15) is 0 Å². The summed E-state index contributed by atoms with van der Waals surface area (Å²) in [5.74, 6) is 0.348. The summed E-state index contributed by atoms with van der Waals surface area (Å²) in [6, 6.07) is 6.39. The first kappa shape index (κ1) is 12.9. The molecule has 104 valence electrons. The van der Waals surface area contributed by atoms with E-state index in [4.69, 9.17) is 0 Å². The number of aliphatic hydroxyl groups excluding tert-OH is 1. The molecule has 0 radical (unpaired) electrons. The summed E-state index contributed by atoms with van der Waals surface area (Å²) < 4.78 is 0. The van der Waals surface area contributed by atoms with Crippen LogP contribution >= 0.6 is 0 Å². The number of aliphatic hydroxyl groups is 1. The predicted molar refractivity (Wildman–Crippen MR) is 75.1 cm³/mol. The Bertz CT molecular complexity index is 484. The zero-order chi connectivity index (χ0) is 13.6. The van der Waals surface area contributed by atoms with Crippen LogP contribution in [0.1, 0.15) is 50.3 Å². The van der Waals surface area contributed by atoms with E-state index in [-0.39, 0.29) is 11.5 Å². The Morgan fingerprint density at radius 2 is 2.11 bits per heavy atom. The first-order valence-corrected chi connectivity index (χ1v) is 7.24. The molecule has 0 heterocycles. The van der Waals surface area contributed by atoms with Crippen molar-refractivity contribution in [2.75, 3.05) is 0 Å². The second-order valence-electron chi connectivity index (χ2n) is 6.62. The highest BCUT2D eigenvalue weighted by molar-refractivity contribution is 5.38. The number of aryl methyl sites for hydroxylation is 1. The van der Waals surface area contributed by atoms with E-state index in [9.17, 15) is 10.2 Å². The molecule has 1 aromatic carbocycles. The molecule has 1 fully saturated rings. The van der Waals surface area contributed by atoms with Crippen molar-refractivity contribution in [2.24, 2.45) is 5.41 Å². The lowest BCUT2D eigenvalue weighted by Crippen LogP contribution is -2.60.